The topological polar surface area (TPSA) is 20.3 Å². The van der Waals surface area contributed by atoms with Crippen LogP contribution in [0.15, 0.2) is 30.3 Å². The number of rotatable bonds is 2. The Bertz CT molecular complexity index is 402. The molecule has 1 heterocycles. The highest BCUT2D eigenvalue weighted by Crippen LogP contribution is 2.30. The molecule has 1 amide bonds. The largest absolute Gasteiger partial charge is 0.406 e. The van der Waals surface area contributed by atoms with Gasteiger partial charge in [0.25, 0.3) is 0 Å². The minimum Gasteiger partial charge on any atom is -0.333 e. The van der Waals surface area contributed by atoms with Gasteiger partial charge in [0.05, 0.1) is 5.92 Å². The molecule has 1 aliphatic rings. The molecule has 1 aromatic rings. The van der Waals surface area contributed by atoms with E-state index < -0.39 is 24.5 Å². The van der Waals surface area contributed by atoms with Crippen LogP contribution in [0.1, 0.15) is 17.9 Å². The molecule has 0 bridgehead atoms. The van der Waals surface area contributed by atoms with Crippen LogP contribution in [0.4, 0.5) is 13.2 Å². The fourth-order valence-electron chi connectivity index (χ4n) is 2.11. The van der Waals surface area contributed by atoms with E-state index in [9.17, 15) is 18.0 Å². The van der Waals surface area contributed by atoms with Crippen molar-refractivity contribution in [3.05, 3.63) is 35.9 Å². The van der Waals surface area contributed by atoms with Gasteiger partial charge in [0.1, 0.15) is 6.54 Å². The van der Waals surface area contributed by atoms with E-state index in [4.69, 9.17) is 0 Å². The highest BCUT2D eigenvalue weighted by atomic mass is 19.4. The zero-order valence-corrected chi connectivity index (χ0v) is 9.07. The normalized spacial score (nSPS) is 21.0. The van der Waals surface area contributed by atoms with Crippen LogP contribution in [-0.2, 0) is 4.79 Å². The Hall–Kier alpha value is -1.52. The second-order valence-corrected chi connectivity index (χ2v) is 4.13. The van der Waals surface area contributed by atoms with Gasteiger partial charge < -0.3 is 4.90 Å². The summed E-state index contributed by atoms with van der Waals surface area (Å²) in [5.41, 5.74) is 0.794. The van der Waals surface area contributed by atoms with Gasteiger partial charge in [0.15, 0.2) is 0 Å². The van der Waals surface area contributed by atoms with Crippen molar-refractivity contribution in [2.45, 2.75) is 18.5 Å². The number of carbonyl (C=O) groups excluding carboxylic acids is 1. The van der Waals surface area contributed by atoms with E-state index in [1.165, 1.54) is 0 Å². The zero-order chi connectivity index (χ0) is 12.5. The van der Waals surface area contributed by atoms with E-state index in [0.29, 0.717) is 6.42 Å². The van der Waals surface area contributed by atoms with Crippen LogP contribution in [0.25, 0.3) is 0 Å². The SMILES string of the molecule is O=C1C(c2ccccc2)CCN1CC(F)(F)F. The number of benzene rings is 1. The predicted molar refractivity (Wildman–Crippen MR) is 56.4 cm³/mol. The molecule has 1 fully saturated rings. The maximum Gasteiger partial charge on any atom is 0.406 e. The molecule has 1 aromatic carbocycles. The van der Waals surface area contributed by atoms with Crippen molar-refractivity contribution in [1.82, 2.24) is 4.90 Å². The first-order valence-electron chi connectivity index (χ1n) is 5.38. The van der Waals surface area contributed by atoms with Gasteiger partial charge in [0.2, 0.25) is 5.91 Å². The third-order valence-corrected chi connectivity index (χ3v) is 2.87. The minimum atomic E-state index is -4.32. The minimum absolute atomic E-state index is 0.178. The molecule has 0 N–H and O–H groups in total. The van der Waals surface area contributed by atoms with Crippen molar-refractivity contribution in [1.29, 1.82) is 0 Å². The second kappa shape index (κ2) is 4.39. The Labute approximate surface area is 97.0 Å². The van der Waals surface area contributed by atoms with Crippen LogP contribution in [0, 0.1) is 0 Å². The fraction of sp³-hybridized carbons (Fsp3) is 0.417. The van der Waals surface area contributed by atoms with Crippen LogP contribution in [-0.4, -0.2) is 30.1 Å². The van der Waals surface area contributed by atoms with Gasteiger partial charge in [-0.1, -0.05) is 30.3 Å². The first kappa shape index (κ1) is 12.0. The monoisotopic (exact) mass is 243 g/mol. The summed E-state index contributed by atoms with van der Waals surface area (Å²) in [5.74, 6) is -0.841. The molecule has 1 aliphatic heterocycles. The highest BCUT2D eigenvalue weighted by molar-refractivity contribution is 5.85. The summed E-state index contributed by atoms with van der Waals surface area (Å²) in [6.07, 6.45) is -3.86. The van der Waals surface area contributed by atoms with Gasteiger partial charge in [-0.25, -0.2) is 0 Å². The van der Waals surface area contributed by atoms with Crippen molar-refractivity contribution in [3.63, 3.8) is 0 Å². The van der Waals surface area contributed by atoms with Crippen molar-refractivity contribution < 1.29 is 18.0 Å². The van der Waals surface area contributed by atoms with Gasteiger partial charge in [0, 0.05) is 6.54 Å². The standard InChI is InChI=1S/C12H12F3NO/c13-12(14,15)8-16-7-6-10(11(16)17)9-4-2-1-3-5-9/h1-5,10H,6-8H2. The quantitative estimate of drug-likeness (QED) is 0.781. The number of hydrogen-bond acceptors (Lipinski definition) is 1. The summed E-state index contributed by atoms with van der Waals surface area (Å²) < 4.78 is 36.6. The molecule has 0 saturated carbocycles. The third-order valence-electron chi connectivity index (χ3n) is 2.87. The first-order chi connectivity index (χ1) is 7.97. The fourth-order valence-corrected chi connectivity index (χ4v) is 2.11. The molecule has 2 rings (SSSR count). The number of alkyl halides is 3. The predicted octanol–water partition coefficient (Wildman–Crippen LogP) is 2.56. The molecule has 0 spiro atoms. The van der Waals surface area contributed by atoms with Crippen LogP contribution in [0.2, 0.25) is 0 Å². The number of amides is 1. The maximum absolute atomic E-state index is 12.2. The Morgan fingerprint density at radius 2 is 1.88 bits per heavy atom. The number of halogens is 3. The van der Waals surface area contributed by atoms with E-state index in [1.54, 1.807) is 24.3 Å². The van der Waals surface area contributed by atoms with Gasteiger partial charge >= 0.3 is 6.18 Å². The van der Waals surface area contributed by atoms with Crippen LogP contribution in [0.5, 0.6) is 0 Å². The molecule has 0 radical (unpaired) electrons. The zero-order valence-electron chi connectivity index (χ0n) is 9.07. The lowest BCUT2D eigenvalue weighted by molar-refractivity contribution is -0.157. The lowest BCUT2D eigenvalue weighted by atomic mass is 9.98. The average molecular weight is 243 g/mol. The van der Waals surface area contributed by atoms with Crippen molar-refractivity contribution >= 4 is 5.91 Å². The second-order valence-electron chi connectivity index (χ2n) is 4.13. The summed E-state index contributed by atoms with van der Waals surface area (Å²) in [4.78, 5) is 12.7. The summed E-state index contributed by atoms with van der Waals surface area (Å²) in [6, 6.07) is 8.94. The molecule has 1 unspecified atom stereocenters. The molecule has 1 atom stereocenters. The van der Waals surface area contributed by atoms with Gasteiger partial charge in [-0.05, 0) is 12.0 Å². The van der Waals surface area contributed by atoms with E-state index in [-0.39, 0.29) is 6.54 Å². The summed E-state index contributed by atoms with van der Waals surface area (Å²) >= 11 is 0. The Kier molecular flexibility index (Phi) is 3.09. The molecular formula is C12H12F3NO. The third kappa shape index (κ3) is 2.78. The Balaban J connectivity index is 2.08. The molecule has 17 heavy (non-hydrogen) atoms. The molecule has 0 aromatic heterocycles. The lowest BCUT2D eigenvalue weighted by Crippen LogP contribution is -2.36. The van der Waals surface area contributed by atoms with Gasteiger partial charge in [-0.15, -0.1) is 0 Å². The van der Waals surface area contributed by atoms with Crippen LogP contribution >= 0.6 is 0 Å². The van der Waals surface area contributed by atoms with Gasteiger partial charge in [-0.3, -0.25) is 4.79 Å². The van der Waals surface area contributed by atoms with Crippen molar-refractivity contribution in [2.24, 2.45) is 0 Å². The number of nitrogens with zero attached hydrogens (tertiary/aromatic N) is 1. The van der Waals surface area contributed by atoms with E-state index in [2.05, 4.69) is 0 Å². The average Bonchev–Trinajstić information content (AvgIpc) is 2.60. The first-order valence-corrected chi connectivity index (χ1v) is 5.38. The van der Waals surface area contributed by atoms with E-state index in [0.717, 1.165) is 10.5 Å². The molecular weight excluding hydrogens is 231 g/mol. The smallest absolute Gasteiger partial charge is 0.333 e. The van der Waals surface area contributed by atoms with Crippen molar-refractivity contribution in [2.75, 3.05) is 13.1 Å². The lowest BCUT2D eigenvalue weighted by Gasteiger charge is -2.18. The Morgan fingerprint density at radius 3 is 2.47 bits per heavy atom. The van der Waals surface area contributed by atoms with Crippen LogP contribution < -0.4 is 0 Å². The number of hydrogen-bond donors (Lipinski definition) is 0. The van der Waals surface area contributed by atoms with E-state index in [1.807, 2.05) is 6.07 Å². The van der Waals surface area contributed by atoms with Gasteiger partial charge in [-0.2, -0.15) is 13.2 Å². The van der Waals surface area contributed by atoms with E-state index >= 15 is 0 Å². The molecule has 2 nitrogen and oxygen atoms in total. The maximum atomic E-state index is 12.2. The van der Waals surface area contributed by atoms with Crippen molar-refractivity contribution in [3.8, 4) is 0 Å². The Morgan fingerprint density at radius 1 is 1.24 bits per heavy atom. The summed E-state index contributed by atoms with van der Waals surface area (Å²) in [5, 5.41) is 0. The van der Waals surface area contributed by atoms with Crippen LogP contribution in [0.3, 0.4) is 0 Å². The number of carbonyl (C=O) groups is 1. The molecule has 0 aliphatic carbocycles. The summed E-state index contributed by atoms with van der Waals surface area (Å²) in [7, 11) is 0. The highest BCUT2D eigenvalue weighted by Gasteiger charge is 2.39. The molecule has 92 valence electrons. The summed E-state index contributed by atoms with van der Waals surface area (Å²) in [6.45, 7) is -0.965. The molecule has 5 heteroatoms. The molecule has 1 saturated heterocycles. The number of likely N-dealkylation sites (tertiary alicyclic amines) is 1.